The standard InChI is InChI=1S/C21H24F2N2O/c22-19-8-4-7-18(21(19)23)15-20(26)24-11-14-25-12-9-17(10-13-25)16-5-2-1-3-6-16/h1-8,17H,9-15H2,(H,24,26). The Hall–Kier alpha value is -2.27. The molecule has 1 N–H and O–H groups in total. The number of halogens is 2. The van der Waals surface area contributed by atoms with Crippen molar-refractivity contribution in [1.29, 1.82) is 0 Å². The van der Waals surface area contributed by atoms with Crippen LogP contribution in [0.4, 0.5) is 8.78 Å². The van der Waals surface area contributed by atoms with Gasteiger partial charge in [0.15, 0.2) is 11.6 Å². The van der Waals surface area contributed by atoms with E-state index in [9.17, 15) is 13.6 Å². The molecule has 0 bridgehead atoms. The second kappa shape index (κ2) is 8.90. The molecule has 1 fully saturated rings. The molecule has 0 radical (unpaired) electrons. The molecule has 1 amide bonds. The number of nitrogens with zero attached hydrogens (tertiary/aromatic N) is 1. The molecule has 0 saturated carbocycles. The number of likely N-dealkylation sites (tertiary alicyclic amines) is 1. The first-order valence-electron chi connectivity index (χ1n) is 9.10. The van der Waals surface area contributed by atoms with E-state index in [1.165, 1.54) is 17.7 Å². The van der Waals surface area contributed by atoms with Crippen molar-refractivity contribution in [2.24, 2.45) is 0 Å². The highest BCUT2D eigenvalue weighted by Crippen LogP contribution is 2.27. The van der Waals surface area contributed by atoms with Gasteiger partial charge in [-0.05, 0) is 43.5 Å². The summed E-state index contributed by atoms with van der Waals surface area (Å²) in [7, 11) is 0. The van der Waals surface area contributed by atoms with Crippen molar-refractivity contribution in [3.05, 3.63) is 71.3 Å². The Morgan fingerprint density at radius 3 is 2.50 bits per heavy atom. The molecule has 26 heavy (non-hydrogen) atoms. The maximum atomic E-state index is 13.6. The fourth-order valence-corrected chi connectivity index (χ4v) is 3.49. The molecule has 2 aromatic rings. The molecule has 0 aromatic heterocycles. The number of amides is 1. The fraction of sp³-hybridized carbons (Fsp3) is 0.381. The number of piperidine rings is 1. The molecule has 0 atom stereocenters. The van der Waals surface area contributed by atoms with Gasteiger partial charge in [-0.3, -0.25) is 4.79 Å². The van der Waals surface area contributed by atoms with Crippen molar-refractivity contribution in [1.82, 2.24) is 10.2 Å². The van der Waals surface area contributed by atoms with E-state index in [2.05, 4.69) is 34.5 Å². The Balaban J connectivity index is 1.38. The number of hydrogen-bond donors (Lipinski definition) is 1. The van der Waals surface area contributed by atoms with E-state index >= 15 is 0 Å². The minimum absolute atomic E-state index is 0.0891. The highest BCUT2D eigenvalue weighted by atomic mass is 19.2. The van der Waals surface area contributed by atoms with Crippen LogP contribution in [0.3, 0.4) is 0 Å². The van der Waals surface area contributed by atoms with Crippen molar-refractivity contribution in [3.8, 4) is 0 Å². The summed E-state index contributed by atoms with van der Waals surface area (Å²) in [6, 6.07) is 14.5. The summed E-state index contributed by atoms with van der Waals surface area (Å²) in [5.74, 6) is -1.53. The lowest BCUT2D eigenvalue weighted by Crippen LogP contribution is -2.39. The van der Waals surface area contributed by atoms with Crippen LogP contribution in [-0.2, 0) is 11.2 Å². The highest BCUT2D eigenvalue weighted by molar-refractivity contribution is 5.78. The van der Waals surface area contributed by atoms with Crippen LogP contribution in [0.5, 0.6) is 0 Å². The minimum atomic E-state index is -0.939. The van der Waals surface area contributed by atoms with E-state index in [1.807, 2.05) is 6.07 Å². The largest absolute Gasteiger partial charge is 0.355 e. The predicted molar refractivity (Wildman–Crippen MR) is 97.9 cm³/mol. The Kier molecular flexibility index (Phi) is 6.34. The first kappa shape index (κ1) is 18.5. The summed E-state index contributed by atoms with van der Waals surface area (Å²) < 4.78 is 26.8. The number of carbonyl (C=O) groups is 1. The molecule has 0 unspecified atom stereocenters. The van der Waals surface area contributed by atoms with Crippen LogP contribution >= 0.6 is 0 Å². The lowest BCUT2D eigenvalue weighted by atomic mass is 9.89. The number of benzene rings is 2. The van der Waals surface area contributed by atoms with Gasteiger partial charge >= 0.3 is 0 Å². The zero-order valence-electron chi connectivity index (χ0n) is 14.8. The molecule has 1 aliphatic rings. The molecule has 1 saturated heterocycles. The number of rotatable bonds is 6. The molecule has 1 aliphatic heterocycles. The molecular weight excluding hydrogens is 334 g/mol. The Morgan fingerprint density at radius 1 is 1.04 bits per heavy atom. The minimum Gasteiger partial charge on any atom is -0.355 e. The van der Waals surface area contributed by atoms with E-state index in [0.29, 0.717) is 12.5 Å². The summed E-state index contributed by atoms with van der Waals surface area (Å²) >= 11 is 0. The normalized spacial score (nSPS) is 15.8. The third-order valence-corrected chi connectivity index (χ3v) is 4.99. The van der Waals surface area contributed by atoms with Crippen LogP contribution in [0.1, 0.15) is 29.9 Å². The molecule has 0 spiro atoms. The SMILES string of the molecule is O=C(Cc1cccc(F)c1F)NCCN1CCC(c2ccccc2)CC1. The maximum absolute atomic E-state index is 13.6. The Morgan fingerprint density at radius 2 is 1.77 bits per heavy atom. The van der Waals surface area contributed by atoms with Crippen LogP contribution in [0, 0.1) is 11.6 Å². The quantitative estimate of drug-likeness (QED) is 0.857. The predicted octanol–water partition coefficient (Wildman–Crippen LogP) is 3.50. The molecule has 2 aromatic carbocycles. The van der Waals surface area contributed by atoms with Gasteiger partial charge in [0, 0.05) is 18.7 Å². The molecule has 138 valence electrons. The summed E-state index contributed by atoms with van der Waals surface area (Å²) in [5.41, 5.74) is 1.49. The Bertz CT molecular complexity index is 728. The first-order valence-corrected chi connectivity index (χ1v) is 9.10. The van der Waals surface area contributed by atoms with E-state index < -0.39 is 11.6 Å². The van der Waals surface area contributed by atoms with Crippen molar-refractivity contribution < 1.29 is 13.6 Å². The molecule has 1 heterocycles. The topological polar surface area (TPSA) is 32.3 Å². The fourth-order valence-electron chi connectivity index (χ4n) is 3.49. The Labute approximate surface area is 153 Å². The first-order chi connectivity index (χ1) is 12.6. The van der Waals surface area contributed by atoms with E-state index in [0.717, 1.165) is 38.5 Å². The lowest BCUT2D eigenvalue weighted by molar-refractivity contribution is -0.120. The number of nitrogens with one attached hydrogen (secondary N) is 1. The van der Waals surface area contributed by atoms with Gasteiger partial charge in [0.25, 0.3) is 0 Å². The van der Waals surface area contributed by atoms with Crippen LogP contribution in [0.25, 0.3) is 0 Å². The van der Waals surface area contributed by atoms with Crippen molar-refractivity contribution in [2.45, 2.75) is 25.2 Å². The van der Waals surface area contributed by atoms with Crippen molar-refractivity contribution in [2.75, 3.05) is 26.2 Å². The van der Waals surface area contributed by atoms with E-state index in [-0.39, 0.29) is 17.9 Å². The number of hydrogen-bond acceptors (Lipinski definition) is 2. The van der Waals surface area contributed by atoms with E-state index in [4.69, 9.17) is 0 Å². The summed E-state index contributed by atoms with van der Waals surface area (Å²) in [6.07, 6.45) is 2.10. The van der Waals surface area contributed by atoms with Crippen molar-refractivity contribution in [3.63, 3.8) is 0 Å². The summed E-state index contributed by atoms with van der Waals surface area (Å²) in [5, 5.41) is 2.80. The maximum Gasteiger partial charge on any atom is 0.224 e. The third-order valence-electron chi connectivity index (χ3n) is 4.99. The van der Waals surface area contributed by atoms with Gasteiger partial charge in [0.05, 0.1) is 6.42 Å². The highest BCUT2D eigenvalue weighted by Gasteiger charge is 2.20. The zero-order valence-corrected chi connectivity index (χ0v) is 14.8. The second-order valence-corrected chi connectivity index (χ2v) is 6.77. The van der Waals surface area contributed by atoms with Gasteiger partial charge in [-0.25, -0.2) is 8.78 Å². The zero-order chi connectivity index (χ0) is 18.4. The van der Waals surface area contributed by atoms with E-state index in [1.54, 1.807) is 0 Å². The monoisotopic (exact) mass is 358 g/mol. The average molecular weight is 358 g/mol. The summed E-state index contributed by atoms with van der Waals surface area (Å²) in [6.45, 7) is 3.31. The second-order valence-electron chi connectivity index (χ2n) is 6.77. The summed E-state index contributed by atoms with van der Waals surface area (Å²) in [4.78, 5) is 14.3. The van der Waals surface area contributed by atoms with Crippen molar-refractivity contribution >= 4 is 5.91 Å². The van der Waals surface area contributed by atoms with Gasteiger partial charge in [-0.15, -0.1) is 0 Å². The lowest BCUT2D eigenvalue weighted by Gasteiger charge is -2.32. The van der Waals surface area contributed by atoms with Gasteiger partial charge in [0.1, 0.15) is 0 Å². The average Bonchev–Trinajstić information content (AvgIpc) is 2.67. The molecular formula is C21H24F2N2O. The van der Waals surface area contributed by atoms with Crippen LogP contribution in [0.2, 0.25) is 0 Å². The third kappa shape index (κ3) is 4.88. The van der Waals surface area contributed by atoms with Crippen LogP contribution in [-0.4, -0.2) is 37.0 Å². The number of carbonyl (C=O) groups excluding carboxylic acids is 1. The van der Waals surface area contributed by atoms with Gasteiger partial charge in [-0.1, -0.05) is 42.5 Å². The molecule has 0 aliphatic carbocycles. The molecule has 5 heteroatoms. The van der Waals surface area contributed by atoms with Crippen LogP contribution < -0.4 is 5.32 Å². The van der Waals surface area contributed by atoms with Crippen LogP contribution in [0.15, 0.2) is 48.5 Å². The van der Waals surface area contributed by atoms with Gasteiger partial charge < -0.3 is 10.2 Å². The smallest absolute Gasteiger partial charge is 0.224 e. The van der Waals surface area contributed by atoms with Gasteiger partial charge in [0.2, 0.25) is 5.91 Å². The molecule has 3 nitrogen and oxygen atoms in total. The van der Waals surface area contributed by atoms with Gasteiger partial charge in [-0.2, -0.15) is 0 Å². The molecule has 3 rings (SSSR count).